The lowest BCUT2D eigenvalue weighted by molar-refractivity contribution is -0.122. The zero-order valence-electron chi connectivity index (χ0n) is 13.7. The number of rotatable bonds is 2. The molecule has 3 aromatic rings. The van der Waals surface area contributed by atoms with Gasteiger partial charge in [0.15, 0.2) is 11.9 Å². The number of para-hydroxylation sites is 1. The maximum absolute atomic E-state index is 12.8. The fourth-order valence-electron chi connectivity index (χ4n) is 2.87. The molecule has 7 heteroatoms. The Labute approximate surface area is 143 Å². The van der Waals surface area contributed by atoms with E-state index in [1.807, 2.05) is 19.1 Å². The maximum atomic E-state index is 12.8. The maximum Gasteiger partial charge on any atom is 0.265 e. The Kier molecular flexibility index (Phi) is 3.42. The number of benzene rings is 2. The molecule has 2 amide bonds. The molecule has 7 nitrogen and oxygen atoms in total. The predicted molar refractivity (Wildman–Crippen MR) is 93.9 cm³/mol. The highest BCUT2D eigenvalue weighted by Crippen LogP contribution is 2.34. The average Bonchev–Trinajstić information content (AvgIpc) is 3.09. The lowest BCUT2D eigenvalue weighted by atomic mass is 10.1. The first-order valence-corrected chi connectivity index (χ1v) is 7.89. The van der Waals surface area contributed by atoms with E-state index in [0.717, 1.165) is 16.5 Å². The van der Waals surface area contributed by atoms with Crippen LogP contribution in [0.2, 0.25) is 0 Å². The number of anilines is 2. The monoisotopic (exact) mass is 336 g/mol. The summed E-state index contributed by atoms with van der Waals surface area (Å²) in [6, 6.07) is 8.82. The Morgan fingerprint density at radius 1 is 1.28 bits per heavy atom. The second kappa shape index (κ2) is 5.62. The van der Waals surface area contributed by atoms with Gasteiger partial charge in [0, 0.05) is 5.39 Å². The molecule has 4 rings (SSSR count). The molecular formula is C18H16N4O3. The van der Waals surface area contributed by atoms with Crippen molar-refractivity contribution in [3.8, 4) is 5.75 Å². The SMILES string of the molecule is Cc1ccc(NC(=O)c2cccc3c2OC(C)C(=O)N3)c2[nH]ncc12. The molecular weight excluding hydrogens is 320 g/mol. The van der Waals surface area contributed by atoms with Crippen molar-refractivity contribution in [2.45, 2.75) is 20.0 Å². The quantitative estimate of drug-likeness (QED) is 0.670. The minimum atomic E-state index is -0.653. The van der Waals surface area contributed by atoms with Crippen molar-refractivity contribution in [1.29, 1.82) is 0 Å². The van der Waals surface area contributed by atoms with Crippen LogP contribution in [0.1, 0.15) is 22.8 Å². The molecule has 0 radical (unpaired) electrons. The smallest absolute Gasteiger partial charge is 0.265 e. The summed E-state index contributed by atoms with van der Waals surface area (Å²) in [5.41, 5.74) is 3.32. The van der Waals surface area contributed by atoms with E-state index in [1.165, 1.54) is 0 Å². The minimum Gasteiger partial charge on any atom is -0.478 e. The van der Waals surface area contributed by atoms with Crippen LogP contribution in [0.15, 0.2) is 36.5 Å². The standard InChI is InChI=1S/C18H16N4O3/c1-9-6-7-13(15-12(9)8-19-22-15)20-18(24)11-4-3-5-14-16(11)25-10(2)17(23)21-14/h3-8,10H,1-2H3,(H,19,22)(H,20,24)(H,21,23). The first kappa shape index (κ1) is 15.2. The number of carbonyl (C=O) groups is 2. The van der Waals surface area contributed by atoms with E-state index < -0.39 is 6.10 Å². The largest absolute Gasteiger partial charge is 0.478 e. The van der Waals surface area contributed by atoms with Crippen LogP contribution in [-0.4, -0.2) is 28.1 Å². The third-order valence-electron chi connectivity index (χ3n) is 4.26. The van der Waals surface area contributed by atoms with Gasteiger partial charge >= 0.3 is 0 Å². The van der Waals surface area contributed by atoms with Gasteiger partial charge in [0.05, 0.1) is 28.7 Å². The van der Waals surface area contributed by atoms with Crippen molar-refractivity contribution in [3.63, 3.8) is 0 Å². The first-order chi connectivity index (χ1) is 12.0. The van der Waals surface area contributed by atoms with E-state index in [1.54, 1.807) is 31.3 Å². The molecule has 2 aromatic carbocycles. The van der Waals surface area contributed by atoms with Crippen LogP contribution in [0.3, 0.4) is 0 Å². The van der Waals surface area contributed by atoms with Crippen molar-refractivity contribution in [2.24, 2.45) is 0 Å². The van der Waals surface area contributed by atoms with Crippen LogP contribution in [-0.2, 0) is 4.79 Å². The molecule has 0 saturated carbocycles. The number of H-pyrrole nitrogens is 1. The Morgan fingerprint density at radius 2 is 2.12 bits per heavy atom. The number of amides is 2. The molecule has 2 heterocycles. The molecule has 3 N–H and O–H groups in total. The topological polar surface area (TPSA) is 96.1 Å². The Hall–Kier alpha value is -3.35. The summed E-state index contributed by atoms with van der Waals surface area (Å²) in [6.07, 6.45) is 1.07. The van der Waals surface area contributed by atoms with Crippen molar-refractivity contribution < 1.29 is 14.3 Å². The number of aromatic amines is 1. The molecule has 0 saturated heterocycles. The van der Waals surface area contributed by atoms with Gasteiger partial charge in [0.1, 0.15) is 0 Å². The van der Waals surface area contributed by atoms with Crippen LogP contribution in [0.4, 0.5) is 11.4 Å². The molecule has 126 valence electrons. The highest BCUT2D eigenvalue weighted by molar-refractivity contribution is 6.12. The van der Waals surface area contributed by atoms with E-state index in [-0.39, 0.29) is 11.8 Å². The number of carbonyl (C=O) groups excluding carboxylic acids is 2. The molecule has 1 aliphatic rings. The normalized spacial score (nSPS) is 16.1. The van der Waals surface area contributed by atoms with Crippen molar-refractivity contribution in [3.05, 3.63) is 47.7 Å². The summed E-state index contributed by atoms with van der Waals surface area (Å²) in [7, 11) is 0. The lowest BCUT2D eigenvalue weighted by Crippen LogP contribution is -2.35. The Bertz CT molecular complexity index is 1010. The summed E-state index contributed by atoms with van der Waals surface area (Å²) in [6.45, 7) is 3.62. The Morgan fingerprint density at radius 3 is 2.96 bits per heavy atom. The van der Waals surface area contributed by atoms with Gasteiger partial charge in [0.2, 0.25) is 0 Å². The predicted octanol–water partition coefficient (Wildman–Crippen LogP) is 2.84. The number of aromatic nitrogens is 2. The second-order valence-electron chi connectivity index (χ2n) is 5.97. The van der Waals surface area contributed by atoms with Gasteiger partial charge < -0.3 is 15.4 Å². The van der Waals surface area contributed by atoms with Gasteiger partial charge in [-0.15, -0.1) is 0 Å². The zero-order valence-corrected chi connectivity index (χ0v) is 13.7. The van der Waals surface area contributed by atoms with Gasteiger partial charge in [-0.2, -0.15) is 5.10 Å². The summed E-state index contributed by atoms with van der Waals surface area (Å²) >= 11 is 0. The van der Waals surface area contributed by atoms with Crippen LogP contribution < -0.4 is 15.4 Å². The highest BCUT2D eigenvalue weighted by Gasteiger charge is 2.27. The highest BCUT2D eigenvalue weighted by atomic mass is 16.5. The summed E-state index contributed by atoms with van der Waals surface area (Å²) in [4.78, 5) is 24.5. The van der Waals surface area contributed by atoms with E-state index >= 15 is 0 Å². The second-order valence-corrected chi connectivity index (χ2v) is 5.97. The van der Waals surface area contributed by atoms with E-state index in [9.17, 15) is 9.59 Å². The van der Waals surface area contributed by atoms with Crippen LogP contribution in [0, 0.1) is 6.92 Å². The van der Waals surface area contributed by atoms with Gasteiger partial charge in [0.25, 0.3) is 11.8 Å². The zero-order chi connectivity index (χ0) is 17.6. The molecule has 0 fully saturated rings. The van der Waals surface area contributed by atoms with Crippen LogP contribution in [0.25, 0.3) is 10.9 Å². The lowest BCUT2D eigenvalue weighted by Gasteiger charge is -2.25. The summed E-state index contributed by atoms with van der Waals surface area (Å²) < 4.78 is 5.63. The molecule has 1 unspecified atom stereocenters. The minimum absolute atomic E-state index is 0.234. The van der Waals surface area contributed by atoms with Gasteiger partial charge in [-0.05, 0) is 37.6 Å². The number of nitrogens with one attached hydrogen (secondary N) is 3. The average molecular weight is 336 g/mol. The summed E-state index contributed by atoms with van der Waals surface area (Å²) in [5.74, 6) is -0.178. The number of aryl methyl sites for hydroxylation is 1. The van der Waals surface area contributed by atoms with Crippen molar-refractivity contribution in [2.75, 3.05) is 10.6 Å². The van der Waals surface area contributed by atoms with Gasteiger partial charge in [-0.3, -0.25) is 14.7 Å². The fraction of sp³-hybridized carbons (Fsp3) is 0.167. The molecule has 0 bridgehead atoms. The Balaban J connectivity index is 1.70. The molecule has 1 aliphatic heterocycles. The van der Waals surface area contributed by atoms with Crippen LogP contribution >= 0.6 is 0 Å². The molecule has 0 spiro atoms. The number of nitrogens with zero attached hydrogens (tertiary/aromatic N) is 1. The van der Waals surface area contributed by atoms with E-state index in [2.05, 4.69) is 20.8 Å². The summed E-state index contributed by atoms with van der Waals surface area (Å²) in [5, 5.41) is 13.5. The van der Waals surface area contributed by atoms with Crippen molar-refractivity contribution >= 4 is 34.1 Å². The molecule has 1 atom stereocenters. The first-order valence-electron chi connectivity index (χ1n) is 7.89. The van der Waals surface area contributed by atoms with Crippen LogP contribution in [0.5, 0.6) is 5.75 Å². The number of hydrogen-bond donors (Lipinski definition) is 3. The number of hydrogen-bond acceptors (Lipinski definition) is 4. The molecule has 1 aromatic heterocycles. The number of fused-ring (bicyclic) bond motifs is 2. The fourth-order valence-corrected chi connectivity index (χ4v) is 2.87. The molecule has 25 heavy (non-hydrogen) atoms. The van der Waals surface area contributed by atoms with E-state index in [4.69, 9.17) is 4.74 Å². The van der Waals surface area contributed by atoms with Gasteiger partial charge in [-0.25, -0.2) is 0 Å². The third kappa shape index (κ3) is 2.50. The third-order valence-corrected chi connectivity index (χ3v) is 4.26. The van der Waals surface area contributed by atoms with Gasteiger partial charge in [-0.1, -0.05) is 12.1 Å². The van der Waals surface area contributed by atoms with Crippen molar-refractivity contribution in [1.82, 2.24) is 10.2 Å². The molecule has 0 aliphatic carbocycles. The van der Waals surface area contributed by atoms with E-state index in [0.29, 0.717) is 22.7 Å². The number of ether oxygens (including phenoxy) is 1.